The average molecular weight is 529 g/mol. The number of hydrogen-bond donors (Lipinski definition) is 3. The number of aliphatic hydroxyl groups excluding tert-OH is 3. The zero-order chi connectivity index (χ0) is 25.7. The van der Waals surface area contributed by atoms with Crippen molar-refractivity contribution in [1.29, 1.82) is 0 Å². The van der Waals surface area contributed by atoms with Gasteiger partial charge in [0.2, 0.25) is 0 Å². The number of halogens is 6. The highest BCUT2D eigenvalue weighted by Gasteiger charge is 2.46. The SMILES string of the molecule is C[N+](CCCCO)(CCCCO)CCCCO.O=S(=O)([N-]S(=O)(=O)C(F)(F)F)C(F)(F)F. The van der Waals surface area contributed by atoms with Crippen molar-refractivity contribution >= 4 is 20.0 Å². The van der Waals surface area contributed by atoms with Gasteiger partial charge in [0, 0.05) is 19.8 Å². The van der Waals surface area contributed by atoms with Gasteiger partial charge in [0.1, 0.15) is 0 Å². The molecule has 9 nitrogen and oxygen atoms in total. The number of aliphatic hydroxyl groups is 3. The Morgan fingerprint density at radius 2 is 0.875 bits per heavy atom. The maximum atomic E-state index is 11.4. The normalized spacial score (nSPS) is 13.6. The molecule has 0 saturated carbocycles. The molecule has 0 aliphatic rings. The number of hydrogen-bond acceptors (Lipinski definition) is 7. The van der Waals surface area contributed by atoms with E-state index in [1.54, 1.807) is 0 Å². The zero-order valence-corrected chi connectivity index (χ0v) is 19.1. The van der Waals surface area contributed by atoms with Crippen LogP contribution in [0.1, 0.15) is 38.5 Å². The molecule has 0 saturated heterocycles. The molecule has 0 aromatic carbocycles. The first-order valence-electron chi connectivity index (χ1n) is 9.42. The molecule has 0 spiro atoms. The van der Waals surface area contributed by atoms with Crippen LogP contribution in [0, 0.1) is 0 Å². The molecule has 0 bridgehead atoms. The van der Waals surface area contributed by atoms with E-state index < -0.39 is 31.1 Å². The largest absolute Gasteiger partial charge is 0.480 e. The van der Waals surface area contributed by atoms with Gasteiger partial charge in [-0.15, -0.1) is 0 Å². The lowest BCUT2D eigenvalue weighted by molar-refractivity contribution is -0.910. The van der Waals surface area contributed by atoms with Crippen molar-refractivity contribution in [3.05, 3.63) is 4.13 Å². The van der Waals surface area contributed by atoms with Gasteiger partial charge in [0.05, 0.1) is 26.7 Å². The quantitative estimate of drug-likeness (QED) is 0.177. The van der Waals surface area contributed by atoms with Gasteiger partial charge in [0.25, 0.3) is 0 Å². The molecule has 0 rings (SSSR count). The minimum absolute atomic E-state index is 0.271. The van der Waals surface area contributed by atoms with Gasteiger partial charge in [-0.2, -0.15) is 26.3 Å². The highest BCUT2D eigenvalue weighted by Crippen LogP contribution is 2.36. The number of alkyl halides is 6. The Morgan fingerprint density at radius 3 is 1.06 bits per heavy atom. The zero-order valence-electron chi connectivity index (χ0n) is 17.4. The molecule has 0 unspecified atom stereocenters. The van der Waals surface area contributed by atoms with Gasteiger partial charge >= 0.3 is 11.0 Å². The van der Waals surface area contributed by atoms with Crippen LogP contribution in [0.5, 0.6) is 0 Å². The minimum atomic E-state index is -6.72. The third-order valence-electron chi connectivity index (χ3n) is 4.10. The molecular formula is C15H30F6N2O7S2. The molecule has 3 N–H and O–H groups in total. The summed E-state index contributed by atoms with van der Waals surface area (Å²) in [5, 5.41) is 26.5. The topological polar surface area (TPSA) is 143 Å². The highest BCUT2D eigenvalue weighted by molar-refractivity contribution is 8.13. The average Bonchev–Trinajstić information content (AvgIpc) is 2.60. The van der Waals surface area contributed by atoms with Crippen LogP contribution in [0.2, 0.25) is 0 Å². The fourth-order valence-electron chi connectivity index (χ4n) is 2.37. The Kier molecular flexibility index (Phi) is 15.2. The monoisotopic (exact) mass is 528 g/mol. The Morgan fingerprint density at radius 1 is 0.625 bits per heavy atom. The summed E-state index contributed by atoms with van der Waals surface area (Å²) in [6.45, 7) is 4.06. The molecule has 0 heterocycles. The second-order valence-electron chi connectivity index (χ2n) is 7.00. The third kappa shape index (κ3) is 13.7. The van der Waals surface area contributed by atoms with E-state index in [2.05, 4.69) is 7.05 Å². The van der Waals surface area contributed by atoms with Gasteiger partial charge in [-0.05, 0) is 38.5 Å². The Labute approximate surface area is 183 Å². The van der Waals surface area contributed by atoms with Crippen molar-refractivity contribution in [2.45, 2.75) is 49.5 Å². The summed E-state index contributed by atoms with van der Waals surface area (Å²) >= 11 is 0. The molecule has 0 amide bonds. The molecule has 0 fully saturated rings. The number of rotatable bonds is 14. The summed E-state index contributed by atoms with van der Waals surface area (Å²) in [5.41, 5.74) is -12.4. The Bertz CT molecular complexity index is 644. The minimum Gasteiger partial charge on any atom is -0.421 e. The van der Waals surface area contributed by atoms with E-state index in [9.17, 15) is 43.2 Å². The molecule has 17 heteroatoms. The molecule has 32 heavy (non-hydrogen) atoms. The highest BCUT2D eigenvalue weighted by atomic mass is 32.3. The fraction of sp³-hybridized carbons (Fsp3) is 1.00. The van der Waals surface area contributed by atoms with Crippen LogP contribution in [0.3, 0.4) is 0 Å². The number of unbranched alkanes of at least 4 members (excludes halogenated alkanes) is 3. The summed E-state index contributed by atoms with van der Waals surface area (Å²) in [6.07, 6.45) is 5.75. The van der Waals surface area contributed by atoms with E-state index in [1.165, 1.54) is 0 Å². The van der Waals surface area contributed by atoms with Gasteiger partial charge in [0.15, 0.2) is 20.0 Å². The molecule has 0 aromatic heterocycles. The van der Waals surface area contributed by atoms with E-state index in [0.29, 0.717) is 0 Å². The van der Waals surface area contributed by atoms with Crippen LogP contribution in [0.15, 0.2) is 0 Å². The lowest BCUT2D eigenvalue weighted by atomic mass is 10.2. The third-order valence-corrected chi connectivity index (χ3v) is 6.84. The fourth-order valence-corrected chi connectivity index (χ4v) is 4.07. The summed E-state index contributed by atoms with van der Waals surface area (Å²) in [4.78, 5) is 0. The number of sulfonamides is 2. The summed E-state index contributed by atoms with van der Waals surface area (Å²) in [6, 6.07) is 0. The summed E-state index contributed by atoms with van der Waals surface area (Å²) < 4.78 is 110. The molecule has 0 aliphatic carbocycles. The first-order valence-corrected chi connectivity index (χ1v) is 12.3. The maximum Gasteiger partial charge on any atom is 0.480 e. The van der Waals surface area contributed by atoms with Crippen molar-refractivity contribution in [2.75, 3.05) is 46.5 Å². The van der Waals surface area contributed by atoms with E-state index in [-0.39, 0.29) is 19.8 Å². The smallest absolute Gasteiger partial charge is 0.421 e. The predicted molar refractivity (Wildman–Crippen MR) is 103 cm³/mol. The van der Waals surface area contributed by atoms with E-state index in [4.69, 9.17) is 15.3 Å². The van der Waals surface area contributed by atoms with Crippen molar-refractivity contribution in [2.24, 2.45) is 0 Å². The number of nitrogens with zero attached hydrogens (tertiary/aromatic N) is 2. The van der Waals surface area contributed by atoms with Crippen LogP contribution in [0.25, 0.3) is 4.13 Å². The van der Waals surface area contributed by atoms with E-state index >= 15 is 0 Å². The lowest BCUT2D eigenvalue weighted by Crippen LogP contribution is -2.46. The number of quaternary nitrogens is 1. The van der Waals surface area contributed by atoms with Crippen LogP contribution < -0.4 is 0 Å². The molecule has 196 valence electrons. The lowest BCUT2D eigenvalue weighted by Gasteiger charge is -2.35. The Balaban J connectivity index is 0. The summed E-state index contributed by atoms with van der Waals surface area (Å²) in [5.74, 6) is 0. The second kappa shape index (κ2) is 14.5. The van der Waals surface area contributed by atoms with Crippen LogP contribution in [-0.2, 0) is 20.0 Å². The van der Waals surface area contributed by atoms with Crippen molar-refractivity contribution in [3.63, 3.8) is 0 Å². The van der Waals surface area contributed by atoms with Gasteiger partial charge in [-0.3, -0.25) is 0 Å². The molecule has 0 radical (unpaired) electrons. The van der Waals surface area contributed by atoms with Crippen LogP contribution >= 0.6 is 0 Å². The maximum absolute atomic E-state index is 11.4. The predicted octanol–water partition coefficient (Wildman–Crippen LogP) is 1.81. The first kappa shape index (κ1) is 33.5. The van der Waals surface area contributed by atoms with Gasteiger partial charge in [-0.1, -0.05) is 0 Å². The van der Waals surface area contributed by atoms with Gasteiger partial charge in [-0.25, -0.2) is 16.8 Å². The van der Waals surface area contributed by atoms with E-state index in [0.717, 1.165) is 66.8 Å². The van der Waals surface area contributed by atoms with Crippen molar-refractivity contribution in [3.8, 4) is 0 Å². The van der Waals surface area contributed by atoms with Crippen LogP contribution in [-0.4, -0.2) is 94.2 Å². The molecular weight excluding hydrogens is 498 g/mol. The molecule has 0 aliphatic heterocycles. The Hall–Kier alpha value is -0.720. The van der Waals surface area contributed by atoms with E-state index in [1.807, 2.05) is 0 Å². The molecule has 0 aromatic rings. The molecule has 0 atom stereocenters. The van der Waals surface area contributed by atoms with Crippen molar-refractivity contribution in [1.82, 2.24) is 0 Å². The van der Waals surface area contributed by atoms with Gasteiger partial charge < -0.3 is 23.9 Å². The van der Waals surface area contributed by atoms with Crippen molar-refractivity contribution < 1.29 is 63.0 Å². The second-order valence-corrected chi connectivity index (χ2v) is 10.4. The standard InChI is InChI=1S/C13H30NO3.C2F6NO4S2/c1-14(8-2-5-11-15,9-3-6-12-16)10-4-7-13-17;3-1(4,5)14(10,11)9-15(12,13)2(6,7)8/h15-17H,2-13H2,1H3;/q+1;-1. The van der Waals surface area contributed by atoms with Crippen LogP contribution in [0.4, 0.5) is 26.3 Å². The first-order chi connectivity index (χ1) is 14.4. The summed E-state index contributed by atoms with van der Waals surface area (Å²) in [7, 11) is -11.2.